The highest BCUT2D eigenvalue weighted by Gasteiger charge is 2.12. The van der Waals surface area contributed by atoms with Crippen LogP contribution in [-0.4, -0.2) is 24.2 Å². The zero-order chi connectivity index (χ0) is 17.1. The monoisotopic (exact) mass is 342 g/mol. The molecule has 0 saturated carbocycles. The second kappa shape index (κ2) is 6.88. The van der Waals surface area contributed by atoms with Crippen LogP contribution in [-0.2, 0) is 11.8 Å². The first-order valence-electron chi connectivity index (χ1n) is 7.48. The van der Waals surface area contributed by atoms with E-state index in [4.69, 9.17) is 9.47 Å². The van der Waals surface area contributed by atoms with Crippen LogP contribution in [0, 0.1) is 6.92 Å². The van der Waals surface area contributed by atoms with Crippen LogP contribution >= 0.6 is 11.3 Å². The Balaban J connectivity index is 1.91. The van der Waals surface area contributed by atoms with E-state index in [2.05, 4.69) is 4.99 Å². The Hall–Kier alpha value is -2.60. The number of aromatic nitrogens is 1. The van der Waals surface area contributed by atoms with Gasteiger partial charge in [-0.05, 0) is 30.7 Å². The van der Waals surface area contributed by atoms with Gasteiger partial charge in [-0.15, -0.1) is 0 Å². The van der Waals surface area contributed by atoms with Crippen LogP contribution in [0.5, 0.6) is 11.5 Å². The van der Waals surface area contributed by atoms with Gasteiger partial charge in [-0.1, -0.05) is 35.6 Å². The smallest absolute Gasteiger partial charge is 0.286 e. The molecule has 0 atom stereocenters. The minimum absolute atomic E-state index is 0.0889. The molecule has 24 heavy (non-hydrogen) atoms. The molecule has 0 fully saturated rings. The average molecular weight is 342 g/mol. The molecule has 1 aromatic heterocycles. The molecule has 6 heteroatoms. The summed E-state index contributed by atoms with van der Waals surface area (Å²) in [6.07, 6.45) is 0. The number of thiazole rings is 1. The van der Waals surface area contributed by atoms with E-state index in [1.165, 1.54) is 11.3 Å². The highest BCUT2D eigenvalue weighted by atomic mass is 32.1. The molecule has 0 spiro atoms. The van der Waals surface area contributed by atoms with E-state index < -0.39 is 0 Å². The zero-order valence-corrected chi connectivity index (χ0v) is 14.6. The normalized spacial score (nSPS) is 11.7. The van der Waals surface area contributed by atoms with E-state index in [1.54, 1.807) is 19.2 Å². The maximum Gasteiger partial charge on any atom is 0.286 e. The number of carbonyl (C=O) groups excluding carboxylic acids is 1. The van der Waals surface area contributed by atoms with Crippen molar-refractivity contribution >= 4 is 27.5 Å². The zero-order valence-electron chi connectivity index (χ0n) is 13.8. The van der Waals surface area contributed by atoms with E-state index in [1.807, 2.05) is 48.9 Å². The van der Waals surface area contributed by atoms with Gasteiger partial charge in [0, 0.05) is 7.05 Å². The van der Waals surface area contributed by atoms with E-state index >= 15 is 0 Å². The van der Waals surface area contributed by atoms with Crippen molar-refractivity contribution < 1.29 is 14.3 Å². The number of hydrogen-bond acceptors (Lipinski definition) is 4. The van der Waals surface area contributed by atoms with Crippen molar-refractivity contribution in [3.05, 3.63) is 52.8 Å². The van der Waals surface area contributed by atoms with Gasteiger partial charge in [0.15, 0.2) is 11.4 Å². The summed E-state index contributed by atoms with van der Waals surface area (Å²) < 4.78 is 13.8. The highest BCUT2D eigenvalue weighted by molar-refractivity contribution is 7.16. The largest absolute Gasteiger partial charge is 0.495 e. The molecule has 2 aromatic carbocycles. The number of nitrogens with zero attached hydrogens (tertiary/aromatic N) is 2. The third kappa shape index (κ3) is 3.19. The number of benzene rings is 2. The first-order chi connectivity index (χ1) is 11.6. The third-order valence-electron chi connectivity index (χ3n) is 3.65. The molecular formula is C18H18N2O3S. The fourth-order valence-corrected chi connectivity index (χ4v) is 3.54. The number of hydrogen-bond donors (Lipinski definition) is 0. The lowest BCUT2D eigenvalue weighted by Gasteiger charge is -2.05. The summed E-state index contributed by atoms with van der Waals surface area (Å²) in [6, 6.07) is 13.2. The number of ether oxygens (including phenoxy) is 2. The molecule has 0 aliphatic carbocycles. The van der Waals surface area contributed by atoms with Crippen molar-refractivity contribution in [3.63, 3.8) is 0 Å². The van der Waals surface area contributed by atoms with Crippen molar-refractivity contribution in [3.8, 4) is 11.5 Å². The standard InChI is InChI=1S/C18H18N2O3S/c1-12-9-10-14(22-3)16-17(12)24-18(20(16)2)19-15(21)11-23-13-7-5-4-6-8-13/h4-10H,11H2,1-3H3. The van der Waals surface area contributed by atoms with Crippen LogP contribution in [0.3, 0.4) is 0 Å². The lowest BCUT2D eigenvalue weighted by molar-refractivity contribution is -0.120. The van der Waals surface area contributed by atoms with E-state index in [0.29, 0.717) is 10.6 Å². The predicted molar refractivity (Wildman–Crippen MR) is 94.6 cm³/mol. The number of carbonyl (C=O) groups is 1. The maximum atomic E-state index is 12.1. The first kappa shape index (κ1) is 16.3. The van der Waals surface area contributed by atoms with Crippen molar-refractivity contribution in [2.75, 3.05) is 13.7 Å². The Morgan fingerprint density at radius 1 is 1.21 bits per heavy atom. The van der Waals surface area contributed by atoms with Crippen molar-refractivity contribution in [2.24, 2.45) is 12.0 Å². The van der Waals surface area contributed by atoms with Crippen LogP contribution in [0.25, 0.3) is 10.2 Å². The van der Waals surface area contributed by atoms with Gasteiger partial charge in [0.25, 0.3) is 5.91 Å². The molecule has 1 heterocycles. The third-order valence-corrected chi connectivity index (χ3v) is 4.92. The van der Waals surface area contributed by atoms with Crippen LogP contribution in [0.1, 0.15) is 5.56 Å². The molecule has 0 saturated heterocycles. The second-order valence-corrected chi connectivity index (χ2v) is 6.29. The first-order valence-corrected chi connectivity index (χ1v) is 8.30. The summed E-state index contributed by atoms with van der Waals surface area (Å²) in [5, 5.41) is 0. The second-order valence-electron chi connectivity index (χ2n) is 5.31. The van der Waals surface area contributed by atoms with Gasteiger partial charge < -0.3 is 14.0 Å². The molecule has 0 bridgehead atoms. The number of amides is 1. The minimum atomic E-state index is -0.322. The summed E-state index contributed by atoms with van der Waals surface area (Å²) in [5.41, 5.74) is 2.07. The molecule has 0 unspecified atom stereocenters. The van der Waals surface area contributed by atoms with Crippen molar-refractivity contribution in [2.45, 2.75) is 6.92 Å². The molecule has 0 N–H and O–H groups in total. The topological polar surface area (TPSA) is 52.8 Å². The van der Waals surface area contributed by atoms with E-state index in [0.717, 1.165) is 21.5 Å². The molecule has 0 aliphatic rings. The van der Waals surface area contributed by atoms with Crippen LogP contribution in [0.15, 0.2) is 47.5 Å². The summed E-state index contributed by atoms with van der Waals surface area (Å²) in [5.74, 6) is 1.10. The number of methoxy groups -OCH3 is 1. The van der Waals surface area contributed by atoms with Crippen molar-refractivity contribution in [1.29, 1.82) is 0 Å². The van der Waals surface area contributed by atoms with Gasteiger partial charge in [-0.2, -0.15) is 4.99 Å². The fourth-order valence-electron chi connectivity index (χ4n) is 2.42. The van der Waals surface area contributed by atoms with Gasteiger partial charge in [0.05, 0.1) is 11.8 Å². The SMILES string of the molecule is COc1ccc(C)c2sc(=NC(=O)COc3ccccc3)n(C)c12. The molecule has 5 nitrogen and oxygen atoms in total. The minimum Gasteiger partial charge on any atom is -0.495 e. The number of para-hydroxylation sites is 1. The molecule has 3 aromatic rings. The quantitative estimate of drug-likeness (QED) is 0.732. The molecule has 0 radical (unpaired) electrons. The Kier molecular flexibility index (Phi) is 4.66. The summed E-state index contributed by atoms with van der Waals surface area (Å²) in [6.45, 7) is 1.94. The molecule has 124 valence electrons. The van der Waals surface area contributed by atoms with Crippen LogP contribution in [0.4, 0.5) is 0 Å². The summed E-state index contributed by atoms with van der Waals surface area (Å²) in [4.78, 5) is 16.9. The van der Waals surface area contributed by atoms with E-state index in [9.17, 15) is 4.79 Å². The van der Waals surface area contributed by atoms with Gasteiger partial charge in [0.2, 0.25) is 0 Å². The van der Waals surface area contributed by atoms with Gasteiger partial charge in [0.1, 0.15) is 17.0 Å². The van der Waals surface area contributed by atoms with Crippen LogP contribution < -0.4 is 14.3 Å². The summed E-state index contributed by atoms with van der Waals surface area (Å²) >= 11 is 1.47. The fraction of sp³-hybridized carbons (Fsp3) is 0.222. The Morgan fingerprint density at radius 2 is 1.96 bits per heavy atom. The summed E-state index contributed by atoms with van der Waals surface area (Å²) in [7, 11) is 3.52. The van der Waals surface area contributed by atoms with Gasteiger partial charge in [-0.25, -0.2) is 0 Å². The van der Waals surface area contributed by atoms with Crippen molar-refractivity contribution in [1.82, 2.24) is 4.57 Å². The number of rotatable bonds is 4. The molecule has 0 aliphatic heterocycles. The molecular weight excluding hydrogens is 324 g/mol. The average Bonchev–Trinajstić information content (AvgIpc) is 2.92. The maximum absolute atomic E-state index is 12.1. The highest BCUT2D eigenvalue weighted by Crippen LogP contribution is 2.29. The Labute approximate surface area is 143 Å². The van der Waals surface area contributed by atoms with Gasteiger partial charge >= 0.3 is 0 Å². The lowest BCUT2D eigenvalue weighted by atomic mass is 10.2. The van der Waals surface area contributed by atoms with E-state index in [-0.39, 0.29) is 12.5 Å². The Bertz CT molecular complexity index is 942. The predicted octanol–water partition coefficient (Wildman–Crippen LogP) is 3.06. The van der Waals surface area contributed by atoms with Crippen LogP contribution in [0.2, 0.25) is 0 Å². The lowest BCUT2D eigenvalue weighted by Crippen LogP contribution is -2.17. The number of aryl methyl sites for hydroxylation is 2. The molecule has 3 rings (SSSR count). The molecule has 1 amide bonds. The number of fused-ring (bicyclic) bond motifs is 1. The Morgan fingerprint density at radius 3 is 2.67 bits per heavy atom. The van der Waals surface area contributed by atoms with Gasteiger partial charge in [-0.3, -0.25) is 4.79 Å².